The maximum Gasteiger partial charge on any atom is 0.338 e. The van der Waals surface area contributed by atoms with Crippen molar-refractivity contribution in [3.8, 4) is 11.5 Å². The molecule has 3 aliphatic heterocycles. The van der Waals surface area contributed by atoms with Crippen molar-refractivity contribution in [2.24, 2.45) is 5.92 Å². The van der Waals surface area contributed by atoms with Crippen LogP contribution >= 0.6 is 23.2 Å². The zero-order chi connectivity index (χ0) is 35.3. The van der Waals surface area contributed by atoms with Gasteiger partial charge in [-0.2, -0.15) is 0 Å². The molecule has 270 valence electrons. The Morgan fingerprint density at radius 3 is 2.22 bits per heavy atom. The third kappa shape index (κ3) is 8.65. The van der Waals surface area contributed by atoms with E-state index in [0.717, 1.165) is 43.6 Å². The van der Waals surface area contributed by atoms with Crippen molar-refractivity contribution in [1.29, 1.82) is 0 Å². The van der Waals surface area contributed by atoms with Crippen LogP contribution in [0.2, 0.25) is 10.0 Å². The predicted octanol–water partition coefficient (Wildman–Crippen LogP) is 6.43. The van der Waals surface area contributed by atoms with Gasteiger partial charge in [0.05, 0.1) is 19.8 Å². The molecule has 0 amide bonds. The number of carbonyl (C=O) groups is 2. The van der Waals surface area contributed by atoms with Crippen molar-refractivity contribution in [2.45, 2.75) is 50.5 Å². The van der Waals surface area contributed by atoms with Gasteiger partial charge in [0.25, 0.3) is 0 Å². The van der Waals surface area contributed by atoms with Crippen LogP contribution in [0.4, 0.5) is 0 Å². The predicted molar refractivity (Wildman–Crippen MR) is 192 cm³/mol. The zero-order valence-corrected chi connectivity index (χ0v) is 30.4. The van der Waals surface area contributed by atoms with Gasteiger partial charge < -0.3 is 24.4 Å². The Hall–Kier alpha value is -4.19. The Kier molecular flexibility index (Phi) is 12.6. The summed E-state index contributed by atoms with van der Waals surface area (Å²) in [5.41, 5.74) is 2.32. The lowest BCUT2D eigenvalue weighted by Crippen LogP contribution is -2.55. The maximum atomic E-state index is 13.8. The fourth-order valence-electron chi connectivity index (χ4n) is 6.74. The average Bonchev–Trinajstić information content (AvgIpc) is 3.15. The van der Waals surface area contributed by atoms with Crippen LogP contribution in [0.5, 0.6) is 11.5 Å². The SMILES string of the molecule is COc1ccc([C@H](Cc2c(Cl)c[nH+]cc2Cl)OC(=O)c2ccc(CNC(C)(C(=O)O[C@H]3CN4CCC3CC4)c3ccccc3)cc2)cc1OC.[OH-]. The molecule has 3 atom stereocenters. The summed E-state index contributed by atoms with van der Waals surface area (Å²) in [4.78, 5) is 32.7. The van der Waals surface area contributed by atoms with E-state index < -0.39 is 17.6 Å². The van der Waals surface area contributed by atoms with E-state index >= 15 is 0 Å². The topological polar surface area (TPSA) is 130 Å². The van der Waals surface area contributed by atoms with Gasteiger partial charge in [-0.1, -0.05) is 71.7 Å². The summed E-state index contributed by atoms with van der Waals surface area (Å²) in [6, 6.07) is 22.1. The van der Waals surface area contributed by atoms with E-state index in [2.05, 4.69) is 15.2 Å². The first kappa shape index (κ1) is 38.1. The summed E-state index contributed by atoms with van der Waals surface area (Å²) in [5, 5.41) is 4.31. The highest BCUT2D eigenvalue weighted by atomic mass is 35.5. The van der Waals surface area contributed by atoms with Gasteiger partial charge in [0, 0.05) is 25.1 Å². The monoisotopic (exact) mass is 735 g/mol. The number of aromatic nitrogens is 1. The number of aromatic amines is 1. The highest BCUT2D eigenvalue weighted by Gasteiger charge is 2.42. The third-order valence-electron chi connectivity index (χ3n) is 9.86. The van der Waals surface area contributed by atoms with E-state index in [-0.39, 0.29) is 24.0 Å². The minimum atomic E-state index is -1.07. The summed E-state index contributed by atoms with van der Waals surface area (Å²) in [7, 11) is 3.10. The van der Waals surface area contributed by atoms with Gasteiger partial charge in [0.2, 0.25) is 0 Å². The van der Waals surface area contributed by atoms with Crippen molar-refractivity contribution in [3.63, 3.8) is 0 Å². The minimum Gasteiger partial charge on any atom is -0.870 e. The number of pyridine rings is 1. The number of nitrogens with one attached hydrogen (secondary N) is 2. The first-order chi connectivity index (χ1) is 24.2. The Morgan fingerprint density at radius 1 is 0.941 bits per heavy atom. The molecule has 51 heavy (non-hydrogen) atoms. The van der Waals surface area contributed by atoms with Crippen LogP contribution in [0.3, 0.4) is 0 Å². The van der Waals surface area contributed by atoms with Gasteiger partial charge in [-0.15, -0.1) is 0 Å². The number of H-pyrrole nitrogens is 1. The van der Waals surface area contributed by atoms with E-state index in [4.69, 9.17) is 42.1 Å². The molecule has 12 heteroatoms. The highest BCUT2D eigenvalue weighted by Crippen LogP contribution is 2.36. The number of halogens is 2. The van der Waals surface area contributed by atoms with Gasteiger partial charge in [-0.25, -0.2) is 14.6 Å². The number of hydrogen-bond donors (Lipinski definition) is 1. The highest BCUT2D eigenvalue weighted by molar-refractivity contribution is 6.35. The maximum absolute atomic E-state index is 13.8. The number of hydrogen-bond acceptors (Lipinski definition) is 9. The van der Waals surface area contributed by atoms with Crippen LogP contribution in [0.15, 0.2) is 85.2 Å². The lowest BCUT2D eigenvalue weighted by atomic mass is 9.85. The molecule has 3 fully saturated rings. The second-order valence-electron chi connectivity index (χ2n) is 13.0. The van der Waals surface area contributed by atoms with Crippen molar-refractivity contribution in [2.75, 3.05) is 33.9 Å². The van der Waals surface area contributed by atoms with E-state index in [0.29, 0.717) is 50.7 Å². The number of fused-ring (bicyclic) bond motifs is 3. The summed E-state index contributed by atoms with van der Waals surface area (Å²) >= 11 is 13.0. The van der Waals surface area contributed by atoms with Gasteiger partial charge in [0.15, 0.2) is 23.9 Å². The Bertz CT molecular complexity index is 1780. The number of methoxy groups -OCH3 is 2. The van der Waals surface area contributed by atoms with E-state index in [1.165, 1.54) is 0 Å². The lowest BCUT2D eigenvalue weighted by molar-refractivity contribution is -0.377. The zero-order valence-electron chi connectivity index (χ0n) is 28.9. The first-order valence-electron chi connectivity index (χ1n) is 16.8. The number of esters is 2. The largest absolute Gasteiger partial charge is 0.870 e. The van der Waals surface area contributed by atoms with Crippen LogP contribution in [0.25, 0.3) is 0 Å². The van der Waals surface area contributed by atoms with E-state index in [9.17, 15) is 9.59 Å². The summed E-state index contributed by atoms with van der Waals surface area (Å²) in [6.07, 6.45) is 4.76. The van der Waals surface area contributed by atoms with E-state index in [1.54, 1.807) is 50.9 Å². The van der Waals surface area contributed by atoms with Gasteiger partial charge in [-0.05, 0) is 79.7 Å². The van der Waals surface area contributed by atoms with Gasteiger partial charge in [0.1, 0.15) is 27.8 Å². The summed E-state index contributed by atoms with van der Waals surface area (Å²) in [6.45, 7) is 5.17. The quantitative estimate of drug-likeness (QED) is 0.154. The Balaban J connectivity index is 0.00000504. The van der Waals surface area contributed by atoms with Crippen LogP contribution in [0.1, 0.15) is 58.5 Å². The Labute approximate surface area is 308 Å². The summed E-state index contributed by atoms with van der Waals surface area (Å²) in [5.74, 6) is 0.639. The van der Waals surface area contributed by atoms with Crippen molar-refractivity contribution in [3.05, 3.63) is 123 Å². The average molecular weight is 737 g/mol. The van der Waals surface area contributed by atoms with Crippen molar-refractivity contribution in [1.82, 2.24) is 10.2 Å². The molecule has 3 N–H and O–H groups in total. The van der Waals surface area contributed by atoms with E-state index in [1.807, 2.05) is 55.5 Å². The molecule has 2 bridgehead atoms. The smallest absolute Gasteiger partial charge is 0.338 e. The second-order valence-corrected chi connectivity index (χ2v) is 13.8. The number of benzene rings is 3. The minimum absolute atomic E-state index is 0. The first-order valence-corrected chi connectivity index (χ1v) is 17.5. The van der Waals surface area contributed by atoms with Crippen molar-refractivity contribution >= 4 is 35.1 Å². The van der Waals surface area contributed by atoms with Gasteiger partial charge >= 0.3 is 11.9 Å². The standard InChI is InChI=1S/C39H41Cl2N3O6.H2O/c1-39(29-7-5-4-6-8-29,38(46)50-36-24-44-17-15-26(36)16-18-44)43-21-25-9-11-27(12-10-25)37(45)49-34(20-30-31(40)22-42-23-32(30)41)28-13-14-33(47-2)35(19-28)48-3;/h4-14,19,22-23,26,34,36,43H,15-18,20-21,24H2,1-3H3;1H2/t34-,36-,39?;/m0./s1. The van der Waals surface area contributed by atoms with Gasteiger partial charge in [-0.3, -0.25) is 10.2 Å². The van der Waals surface area contributed by atoms with Crippen molar-refractivity contribution < 1.29 is 39.0 Å². The lowest BCUT2D eigenvalue weighted by Gasteiger charge is -2.45. The number of piperidine rings is 3. The molecule has 10 nitrogen and oxygen atoms in total. The molecule has 0 saturated carbocycles. The fraction of sp³-hybridized carbons (Fsp3) is 0.359. The number of nitrogens with zero attached hydrogens (tertiary/aromatic N) is 1. The molecule has 4 heterocycles. The Morgan fingerprint density at radius 2 is 1.61 bits per heavy atom. The van der Waals surface area contributed by atoms with Crippen LogP contribution < -0.4 is 19.8 Å². The molecule has 1 aromatic heterocycles. The molecular formula is C39H43Cl2N3O7. The molecule has 0 radical (unpaired) electrons. The van der Waals surface area contributed by atoms with Crippen LogP contribution in [0, 0.1) is 5.92 Å². The third-order valence-corrected chi connectivity index (χ3v) is 10.5. The molecule has 0 spiro atoms. The van der Waals surface area contributed by atoms with Crippen LogP contribution in [-0.4, -0.2) is 62.3 Å². The molecular weight excluding hydrogens is 693 g/mol. The fourth-order valence-corrected chi connectivity index (χ4v) is 7.27. The summed E-state index contributed by atoms with van der Waals surface area (Å²) < 4.78 is 23.2. The normalized spacial score (nSPS) is 19.6. The number of ether oxygens (including phenoxy) is 4. The molecule has 0 aliphatic carbocycles. The molecule has 3 aliphatic rings. The number of carbonyl (C=O) groups excluding carboxylic acids is 2. The molecule has 3 saturated heterocycles. The second kappa shape index (κ2) is 16.9. The molecule has 1 unspecified atom stereocenters. The van der Waals surface area contributed by atoms with Crippen LogP contribution in [-0.2, 0) is 32.8 Å². The molecule has 3 aromatic carbocycles. The number of rotatable bonds is 13. The molecule has 7 rings (SSSR count). The molecule has 4 aromatic rings.